The summed E-state index contributed by atoms with van der Waals surface area (Å²) in [6.45, 7) is 3.50. The molecule has 0 aliphatic carbocycles. The van der Waals surface area contributed by atoms with Gasteiger partial charge in [-0.05, 0) is 64.2 Å². The van der Waals surface area contributed by atoms with Crippen LogP contribution in [0.4, 0.5) is 4.39 Å². The second-order valence-electron chi connectivity index (χ2n) is 4.84. The Balaban J connectivity index is 2.41. The summed E-state index contributed by atoms with van der Waals surface area (Å²) in [5.74, 6) is 0.587. The van der Waals surface area contributed by atoms with Crippen molar-refractivity contribution in [3.05, 3.63) is 62.9 Å². The van der Waals surface area contributed by atoms with Gasteiger partial charge in [-0.1, -0.05) is 18.2 Å². The smallest absolute Gasteiger partial charge is 0.133 e. The van der Waals surface area contributed by atoms with Crippen LogP contribution in [0.1, 0.15) is 28.3 Å². The average Bonchev–Trinajstić information content (AvgIpc) is 2.43. The van der Waals surface area contributed by atoms with E-state index in [1.165, 1.54) is 0 Å². The molecule has 0 heterocycles. The molecule has 1 atom stereocenters. The monoisotopic (exact) mass is 337 g/mol. The molecular formula is C16H17BrFNO. The fourth-order valence-corrected chi connectivity index (χ4v) is 2.79. The average molecular weight is 338 g/mol. The molecule has 0 radical (unpaired) electrons. The van der Waals surface area contributed by atoms with Gasteiger partial charge < -0.3 is 10.5 Å². The van der Waals surface area contributed by atoms with Crippen LogP contribution in [0.5, 0.6) is 5.75 Å². The molecule has 106 valence electrons. The summed E-state index contributed by atoms with van der Waals surface area (Å²) >= 11 is 3.45. The van der Waals surface area contributed by atoms with Gasteiger partial charge in [-0.25, -0.2) is 4.39 Å². The van der Waals surface area contributed by atoms with E-state index in [1.54, 1.807) is 33.1 Å². The first-order valence-electron chi connectivity index (χ1n) is 6.29. The molecule has 0 saturated heterocycles. The first-order valence-corrected chi connectivity index (χ1v) is 7.09. The minimum Gasteiger partial charge on any atom is -0.496 e. The number of halogens is 2. The number of hydrogen-bond donors (Lipinski definition) is 1. The maximum absolute atomic E-state index is 13.7. The Morgan fingerprint density at radius 2 is 1.70 bits per heavy atom. The van der Waals surface area contributed by atoms with E-state index in [4.69, 9.17) is 10.5 Å². The van der Waals surface area contributed by atoms with E-state index >= 15 is 0 Å². The quantitative estimate of drug-likeness (QED) is 0.907. The van der Waals surface area contributed by atoms with Gasteiger partial charge in [0.05, 0.1) is 17.6 Å². The van der Waals surface area contributed by atoms with E-state index in [2.05, 4.69) is 15.9 Å². The van der Waals surface area contributed by atoms with E-state index in [1.807, 2.05) is 18.2 Å². The Bertz CT molecular complexity index is 619. The van der Waals surface area contributed by atoms with Crippen molar-refractivity contribution in [3.8, 4) is 5.75 Å². The van der Waals surface area contributed by atoms with Crippen LogP contribution in [0.15, 0.2) is 34.8 Å². The molecule has 0 aliphatic heterocycles. The highest BCUT2D eigenvalue weighted by Gasteiger charge is 2.14. The second kappa shape index (κ2) is 5.94. The zero-order valence-electron chi connectivity index (χ0n) is 11.7. The first kappa shape index (κ1) is 15.0. The molecule has 0 amide bonds. The molecule has 0 bridgehead atoms. The Morgan fingerprint density at radius 3 is 2.20 bits per heavy atom. The molecule has 2 rings (SSSR count). The summed E-state index contributed by atoms with van der Waals surface area (Å²) in [6, 6.07) is 9.01. The third-order valence-electron chi connectivity index (χ3n) is 3.35. The number of rotatable bonds is 3. The third-order valence-corrected chi connectivity index (χ3v) is 3.97. The van der Waals surface area contributed by atoms with Crippen molar-refractivity contribution in [1.29, 1.82) is 0 Å². The van der Waals surface area contributed by atoms with Gasteiger partial charge in [-0.2, -0.15) is 0 Å². The van der Waals surface area contributed by atoms with Crippen LogP contribution in [0.25, 0.3) is 0 Å². The van der Waals surface area contributed by atoms with Crippen molar-refractivity contribution < 1.29 is 9.13 Å². The van der Waals surface area contributed by atoms with Gasteiger partial charge in [-0.15, -0.1) is 0 Å². The van der Waals surface area contributed by atoms with Crippen LogP contribution in [-0.4, -0.2) is 7.11 Å². The third kappa shape index (κ3) is 2.86. The SMILES string of the molecule is COc1ccc(C(N)c2cc(C)c(F)c(C)c2)cc1Br. The molecule has 2 N–H and O–H groups in total. The summed E-state index contributed by atoms with van der Waals surface area (Å²) in [5, 5.41) is 0. The lowest BCUT2D eigenvalue weighted by Crippen LogP contribution is -2.13. The Hall–Kier alpha value is -1.39. The van der Waals surface area contributed by atoms with Gasteiger partial charge in [-0.3, -0.25) is 0 Å². The first-order chi connectivity index (χ1) is 9.43. The van der Waals surface area contributed by atoms with Gasteiger partial charge in [0.2, 0.25) is 0 Å². The van der Waals surface area contributed by atoms with E-state index in [0.717, 1.165) is 21.3 Å². The predicted molar refractivity (Wildman–Crippen MR) is 82.6 cm³/mol. The second-order valence-corrected chi connectivity index (χ2v) is 5.69. The molecule has 2 aromatic rings. The molecule has 0 spiro atoms. The highest BCUT2D eigenvalue weighted by Crippen LogP contribution is 2.30. The number of hydrogen-bond acceptors (Lipinski definition) is 2. The number of nitrogens with two attached hydrogens (primary N) is 1. The standard InChI is InChI=1S/C16H17BrFNO/c1-9-6-12(7-10(2)15(9)18)16(19)11-4-5-14(20-3)13(17)8-11/h4-8,16H,19H2,1-3H3. The van der Waals surface area contributed by atoms with Gasteiger partial charge in [0.15, 0.2) is 0 Å². The van der Waals surface area contributed by atoms with Crippen LogP contribution in [0.3, 0.4) is 0 Å². The van der Waals surface area contributed by atoms with Gasteiger partial charge in [0.25, 0.3) is 0 Å². The molecule has 1 unspecified atom stereocenters. The molecule has 4 heteroatoms. The van der Waals surface area contributed by atoms with Crippen molar-refractivity contribution >= 4 is 15.9 Å². The van der Waals surface area contributed by atoms with Crippen LogP contribution in [0, 0.1) is 19.7 Å². The lowest BCUT2D eigenvalue weighted by molar-refractivity contribution is 0.412. The van der Waals surface area contributed by atoms with Crippen molar-refractivity contribution in [2.24, 2.45) is 5.73 Å². The zero-order valence-corrected chi connectivity index (χ0v) is 13.3. The minimum atomic E-state index is -0.296. The minimum absolute atomic E-state index is 0.170. The maximum atomic E-state index is 13.7. The fraction of sp³-hybridized carbons (Fsp3) is 0.250. The predicted octanol–water partition coefficient (Wildman–Crippen LogP) is 4.26. The van der Waals surface area contributed by atoms with E-state index in [-0.39, 0.29) is 11.9 Å². The highest BCUT2D eigenvalue weighted by atomic mass is 79.9. The largest absolute Gasteiger partial charge is 0.496 e. The molecular weight excluding hydrogens is 321 g/mol. The fourth-order valence-electron chi connectivity index (χ4n) is 2.23. The van der Waals surface area contributed by atoms with Crippen molar-refractivity contribution in [1.82, 2.24) is 0 Å². The van der Waals surface area contributed by atoms with Crippen LogP contribution in [-0.2, 0) is 0 Å². The summed E-state index contributed by atoms with van der Waals surface area (Å²) in [4.78, 5) is 0. The molecule has 20 heavy (non-hydrogen) atoms. The Labute approximate surface area is 126 Å². The summed E-state index contributed by atoms with van der Waals surface area (Å²) < 4.78 is 19.7. The van der Waals surface area contributed by atoms with Crippen LogP contribution >= 0.6 is 15.9 Å². The zero-order chi connectivity index (χ0) is 14.9. The number of benzene rings is 2. The lowest BCUT2D eigenvalue weighted by atomic mass is 9.96. The maximum Gasteiger partial charge on any atom is 0.133 e. The lowest BCUT2D eigenvalue weighted by Gasteiger charge is -2.16. The van der Waals surface area contributed by atoms with Crippen molar-refractivity contribution in [3.63, 3.8) is 0 Å². The van der Waals surface area contributed by atoms with Crippen molar-refractivity contribution in [2.45, 2.75) is 19.9 Å². The molecule has 2 aromatic carbocycles. The summed E-state index contributed by atoms with van der Waals surface area (Å²) in [5.41, 5.74) is 9.36. The summed E-state index contributed by atoms with van der Waals surface area (Å²) in [6.07, 6.45) is 0. The van der Waals surface area contributed by atoms with Crippen LogP contribution in [0.2, 0.25) is 0 Å². The highest BCUT2D eigenvalue weighted by molar-refractivity contribution is 9.10. The van der Waals surface area contributed by atoms with Gasteiger partial charge in [0.1, 0.15) is 11.6 Å². The van der Waals surface area contributed by atoms with E-state index in [9.17, 15) is 4.39 Å². The van der Waals surface area contributed by atoms with E-state index < -0.39 is 0 Å². The van der Waals surface area contributed by atoms with Crippen molar-refractivity contribution in [2.75, 3.05) is 7.11 Å². The normalized spacial score (nSPS) is 12.3. The number of methoxy groups -OCH3 is 1. The molecule has 0 saturated carbocycles. The Kier molecular flexibility index (Phi) is 4.45. The molecule has 0 aliphatic rings. The molecule has 0 fully saturated rings. The van der Waals surface area contributed by atoms with Gasteiger partial charge in [0, 0.05) is 0 Å². The summed E-state index contributed by atoms with van der Waals surface area (Å²) in [7, 11) is 1.62. The number of ether oxygens (including phenoxy) is 1. The van der Waals surface area contributed by atoms with E-state index in [0.29, 0.717) is 11.1 Å². The Morgan fingerprint density at radius 1 is 1.10 bits per heavy atom. The van der Waals surface area contributed by atoms with Crippen LogP contribution < -0.4 is 10.5 Å². The molecule has 0 aromatic heterocycles. The number of aryl methyl sites for hydroxylation is 2. The van der Waals surface area contributed by atoms with Gasteiger partial charge >= 0.3 is 0 Å². The topological polar surface area (TPSA) is 35.2 Å². The molecule has 2 nitrogen and oxygen atoms in total.